The van der Waals surface area contributed by atoms with Gasteiger partial charge in [-0.2, -0.15) is 0 Å². The van der Waals surface area contributed by atoms with Crippen molar-refractivity contribution in [3.8, 4) is 0 Å². The summed E-state index contributed by atoms with van der Waals surface area (Å²) in [6.07, 6.45) is 5.50. The smallest absolute Gasteiger partial charge is 0.192 e. The van der Waals surface area contributed by atoms with Gasteiger partial charge in [0, 0.05) is 13.1 Å². The Balaban J connectivity index is 1.47. The number of piperidine rings is 1. The van der Waals surface area contributed by atoms with Crippen molar-refractivity contribution < 1.29 is 4.43 Å². The number of nitrogen functional groups attached to an aromatic ring is 1. The van der Waals surface area contributed by atoms with E-state index < -0.39 is 8.32 Å². The number of benzene rings is 1. The zero-order chi connectivity index (χ0) is 21.1. The SMILES string of the molecule is CC(C)(C)[Si](C)(C)OCc1ccc(CC2CCN(c3ccc(N)nc3)CC2)cc1. The van der Waals surface area contributed by atoms with Gasteiger partial charge in [-0.15, -0.1) is 0 Å². The molecule has 158 valence electrons. The molecule has 1 aliphatic heterocycles. The van der Waals surface area contributed by atoms with E-state index in [1.165, 1.54) is 29.7 Å². The van der Waals surface area contributed by atoms with E-state index in [0.717, 1.165) is 32.0 Å². The molecule has 0 aliphatic carbocycles. The molecule has 0 radical (unpaired) electrons. The standard InChI is InChI=1S/C24H37N3OSi/c1-24(2,3)29(4,5)28-18-21-8-6-19(7-9-21)16-20-12-14-27(15-13-20)22-10-11-23(25)26-17-22/h6-11,17,20H,12-16,18H2,1-5H3,(H2,25,26). The molecule has 29 heavy (non-hydrogen) atoms. The fourth-order valence-corrected chi connectivity index (χ4v) is 4.53. The minimum absolute atomic E-state index is 0.254. The third-order valence-electron chi connectivity index (χ3n) is 6.70. The van der Waals surface area contributed by atoms with Gasteiger partial charge in [-0.05, 0) is 66.6 Å². The van der Waals surface area contributed by atoms with E-state index >= 15 is 0 Å². The fourth-order valence-electron chi connectivity index (χ4n) is 3.57. The van der Waals surface area contributed by atoms with E-state index in [1.54, 1.807) is 0 Å². The number of nitrogens with two attached hydrogens (primary N) is 1. The molecule has 0 bridgehead atoms. The molecule has 1 saturated heterocycles. The van der Waals surface area contributed by atoms with Crippen LogP contribution in [-0.2, 0) is 17.5 Å². The molecular formula is C24H37N3OSi. The third kappa shape index (κ3) is 5.83. The Kier molecular flexibility index (Phi) is 6.69. The van der Waals surface area contributed by atoms with Crippen molar-refractivity contribution in [1.29, 1.82) is 0 Å². The minimum atomic E-state index is -1.69. The molecule has 2 N–H and O–H groups in total. The van der Waals surface area contributed by atoms with Gasteiger partial charge in [0.25, 0.3) is 0 Å². The maximum atomic E-state index is 6.35. The second-order valence-electron chi connectivity index (χ2n) is 9.94. The molecule has 5 heteroatoms. The first-order valence-electron chi connectivity index (χ1n) is 10.8. The summed E-state index contributed by atoms with van der Waals surface area (Å²) >= 11 is 0. The monoisotopic (exact) mass is 411 g/mol. The van der Waals surface area contributed by atoms with Crippen molar-refractivity contribution in [3.63, 3.8) is 0 Å². The molecule has 2 aromatic rings. The van der Waals surface area contributed by atoms with Gasteiger partial charge >= 0.3 is 0 Å². The maximum absolute atomic E-state index is 6.35. The Labute approximate surface area is 177 Å². The lowest BCUT2D eigenvalue weighted by Gasteiger charge is -2.36. The fraction of sp³-hybridized carbons (Fsp3) is 0.542. The minimum Gasteiger partial charge on any atom is -0.413 e. The molecule has 1 fully saturated rings. The maximum Gasteiger partial charge on any atom is 0.192 e. The van der Waals surface area contributed by atoms with Crippen LogP contribution in [0, 0.1) is 5.92 Å². The van der Waals surface area contributed by atoms with E-state index in [9.17, 15) is 0 Å². The molecule has 4 nitrogen and oxygen atoms in total. The second-order valence-corrected chi connectivity index (χ2v) is 14.8. The summed E-state index contributed by atoms with van der Waals surface area (Å²) in [5.41, 5.74) is 9.60. The lowest BCUT2D eigenvalue weighted by molar-refractivity contribution is 0.276. The van der Waals surface area contributed by atoms with Crippen LogP contribution in [-0.4, -0.2) is 26.4 Å². The molecule has 1 aromatic heterocycles. The number of hydrogen-bond donors (Lipinski definition) is 1. The highest BCUT2D eigenvalue weighted by Crippen LogP contribution is 2.37. The molecule has 0 unspecified atom stereocenters. The van der Waals surface area contributed by atoms with Crippen molar-refractivity contribution in [1.82, 2.24) is 4.98 Å². The Hall–Kier alpha value is -1.85. The number of aromatic nitrogens is 1. The van der Waals surface area contributed by atoms with Crippen LogP contribution in [0.4, 0.5) is 11.5 Å². The quantitative estimate of drug-likeness (QED) is 0.625. The van der Waals surface area contributed by atoms with Gasteiger partial charge in [0.1, 0.15) is 5.82 Å². The molecule has 1 aliphatic rings. The summed E-state index contributed by atoms with van der Waals surface area (Å²) in [7, 11) is -1.69. The average Bonchev–Trinajstić information content (AvgIpc) is 2.68. The first-order chi connectivity index (χ1) is 13.6. The number of nitrogens with zero attached hydrogens (tertiary/aromatic N) is 2. The van der Waals surface area contributed by atoms with Crippen LogP contribution in [0.2, 0.25) is 18.1 Å². The highest BCUT2D eigenvalue weighted by molar-refractivity contribution is 6.74. The molecule has 1 aromatic carbocycles. The van der Waals surface area contributed by atoms with Crippen LogP contribution in [0.1, 0.15) is 44.7 Å². The normalized spacial score (nSPS) is 16.2. The Morgan fingerprint density at radius 2 is 1.66 bits per heavy atom. The van der Waals surface area contributed by atoms with Gasteiger partial charge in [0.2, 0.25) is 0 Å². The molecule has 3 rings (SSSR count). The van der Waals surface area contributed by atoms with Crippen molar-refractivity contribution in [3.05, 3.63) is 53.7 Å². The lowest BCUT2D eigenvalue weighted by atomic mass is 9.90. The largest absolute Gasteiger partial charge is 0.413 e. The molecule has 0 amide bonds. The first kappa shape index (κ1) is 21.8. The second kappa shape index (κ2) is 8.88. The zero-order valence-electron chi connectivity index (χ0n) is 18.7. The summed E-state index contributed by atoms with van der Waals surface area (Å²) in [5, 5.41) is 0.254. The lowest BCUT2D eigenvalue weighted by Crippen LogP contribution is -2.40. The van der Waals surface area contributed by atoms with Crippen molar-refractivity contribution >= 4 is 19.8 Å². The van der Waals surface area contributed by atoms with Crippen LogP contribution in [0.25, 0.3) is 0 Å². The zero-order valence-corrected chi connectivity index (χ0v) is 19.7. The summed E-state index contributed by atoms with van der Waals surface area (Å²) in [6, 6.07) is 13.0. The number of rotatable bonds is 6. The summed E-state index contributed by atoms with van der Waals surface area (Å²) in [4.78, 5) is 6.64. The highest BCUT2D eigenvalue weighted by Gasteiger charge is 2.37. The van der Waals surface area contributed by atoms with Gasteiger partial charge in [0.05, 0.1) is 18.5 Å². The summed E-state index contributed by atoms with van der Waals surface area (Å²) in [6.45, 7) is 14.4. The van der Waals surface area contributed by atoms with Gasteiger partial charge in [-0.25, -0.2) is 4.98 Å². The Morgan fingerprint density at radius 1 is 1.03 bits per heavy atom. The van der Waals surface area contributed by atoms with Gasteiger partial charge in [-0.3, -0.25) is 0 Å². The van der Waals surface area contributed by atoms with E-state index in [-0.39, 0.29) is 5.04 Å². The Morgan fingerprint density at radius 3 is 2.21 bits per heavy atom. The van der Waals surface area contributed by atoms with Gasteiger partial charge in [-0.1, -0.05) is 45.0 Å². The first-order valence-corrected chi connectivity index (χ1v) is 13.7. The van der Waals surface area contributed by atoms with Crippen LogP contribution in [0.3, 0.4) is 0 Å². The van der Waals surface area contributed by atoms with Gasteiger partial charge in [0.15, 0.2) is 8.32 Å². The van der Waals surface area contributed by atoms with Crippen molar-refractivity contribution in [2.24, 2.45) is 5.92 Å². The molecule has 0 spiro atoms. The molecule has 2 heterocycles. The van der Waals surface area contributed by atoms with E-state index in [4.69, 9.17) is 10.2 Å². The molecule has 0 atom stereocenters. The molecular weight excluding hydrogens is 374 g/mol. The van der Waals surface area contributed by atoms with E-state index in [0.29, 0.717) is 5.82 Å². The summed E-state index contributed by atoms with van der Waals surface area (Å²) < 4.78 is 6.35. The number of anilines is 2. The predicted octanol–water partition coefficient (Wildman–Crippen LogP) is 5.64. The Bertz CT molecular complexity index is 773. The number of pyridine rings is 1. The summed E-state index contributed by atoms with van der Waals surface area (Å²) in [5.74, 6) is 1.34. The van der Waals surface area contributed by atoms with E-state index in [1.807, 2.05) is 12.3 Å². The van der Waals surface area contributed by atoms with Crippen LogP contribution < -0.4 is 10.6 Å². The number of hydrogen-bond acceptors (Lipinski definition) is 4. The molecule has 0 saturated carbocycles. The van der Waals surface area contributed by atoms with Crippen LogP contribution in [0.5, 0.6) is 0 Å². The predicted molar refractivity (Wildman–Crippen MR) is 126 cm³/mol. The van der Waals surface area contributed by atoms with Crippen molar-refractivity contribution in [2.75, 3.05) is 23.7 Å². The van der Waals surface area contributed by atoms with Crippen LogP contribution in [0.15, 0.2) is 42.6 Å². The average molecular weight is 412 g/mol. The van der Waals surface area contributed by atoms with E-state index in [2.05, 4.69) is 74.1 Å². The van der Waals surface area contributed by atoms with Crippen molar-refractivity contribution in [2.45, 2.75) is 64.8 Å². The highest BCUT2D eigenvalue weighted by atomic mass is 28.4. The van der Waals surface area contributed by atoms with Gasteiger partial charge < -0.3 is 15.1 Å². The topological polar surface area (TPSA) is 51.4 Å². The third-order valence-corrected chi connectivity index (χ3v) is 11.2. The van der Waals surface area contributed by atoms with Crippen LogP contribution >= 0.6 is 0 Å².